The number of hydrogen-bond acceptors (Lipinski definition) is 3. The van der Waals surface area contributed by atoms with Crippen molar-refractivity contribution in [2.75, 3.05) is 17.6 Å². The fraction of sp³-hybridized carbons (Fsp3) is 0.583. The second-order valence-electron chi connectivity index (χ2n) is 4.74. The minimum Gasteiger partial charge on any atom is -0.397 e. The Morgan fingerprint density at radius 2 is 2.07 bits per heavy atom. The Hall–Kier alpha value is -1.25. The third-order valence-corrected chi connectivity index (χ3v) is 2.83. The van der Waals surface area contributed by atoms with Crippen molar-refractivity contribution in [2.45, 2.75) is 34.1 Å². The van der Waals surface area contributed by atoms with E-state index in [2.05, 4.69) is 31.1 Å². The van der Waals surface area contributed by atoms with Gasteiger partial charge in [-0.25, -0.2) is 4.98 Å². The van der Waals surface area contributed by atoms with Crippen molar-refractivity contribution in [3.05, 3.63) is 17.8 Å². The summed E-state index contributed by atoms with van der Waals surface area (Å²) in [6.07, 6.45) is 1.15. The topological polar surface area (TPSA) is 50.9 Å². The summed E-state index contributed by atoms with van der Waals surface area (Å²) in [4.78, 5) is 4.37. The zero-order chi connectivity index (χ0) is 11.5. The zero-order valence-electron chi connectivity index (χ0n) is 10.1. The quantitative estimate of drug-likeness (QED) is 0.798. The largest absolute Gasteiger partial charge is 0.397 e. The van der Waals surface area contributed by atoms with E-state index in [1.165, 1.54) is 0 Å². The number of pyridine rings is 1. The summed E-state index contributed by atoms with van der Waals surface area (Å²) >= 11 is 0. The molecule has 0 saturated heterocycles. The van der Waals surface area contributed by atoms with Crippen LogP contribution in [0.1, 0.15) is 32.9 Å². The average Bonchev–Trinajstić information content (AvgIpc) is 2.20. The summed E-state index contributed by atoms with van der Waals surface area (Å²) in [5, 5.41) is 3.34. The molecule has 0 spiro atoms. The van der Waals surface area contributed by atoms with E-state index in [0.29, 0.717) is 5.41 Å². The maximum absolute atomic E-state index is 5.71. The zero-order valence-corrected chi connectivity index (χ0v) is 10.1. The highest BCUT2D eigenvalue weighted by molar-refractivity contribution is 5.49. The summed E-state index contributed by atoms with van der Waals surface area (Å²) in [7, 11) is 0. The summed E-state index contributed by atoms with van der Waals surface area (Å²) in [6.45, 7) is 9.53. The van der Waals surface area contributed by atoms with Gasteiger partial charge < -0.3 is 11.1 Å². The summed E-state index contributed by atoms with van der Waals surface area (Å²) in [5.41, 5.74) is 7.64. The van der Waals surface area contributed by atoms with Crippen molar-refractivity contribution >= 4 is 11.5 Å². The summed E-state index contributed by atoms with van der Waals surface area (Å²) in [5.74, 6) is 0.906. The van der Waals surface area contributed by atoms with Gasteiger partial charge in [-0.3, -0.25) is 0 Å². The first-order chi connectivity index (χ1) is 6.94. The number of aromatic nitrogens is 1. The van der Waals surface area contributed by atoms with Crippen LogP contribution >= 0.6 is 0 Å². The molecule has 1 heterocycles. The molecule has 1 rings (SSSR count). The van der Waals surface area contributed by atoms with Crippen LogP contribution in [0.2, 0.25) is 0 Å². The Morgan fingerprint density at radius 3 is 2.60 bits per heavy atom. The Bertz CT molecular complexity index is 332. The van der Waals surface area contributed by atoms with Crippen LogP contribution in [0.5, 0.6) is 0 Å². The number of nitrogen functional groups attached to an aromatic ring is 1. The molecule has 0 bridgehead atoms. The standard InChI is InChI=1S/C12H21N3/c1-5-12(3,4)8-14-11-7-6-10(13)9(2)15-11/h6-7H,5,8,13H2,1-4H3,(H,14,15). The second kappa shape index (κ2) is 4.51. The molecule has 0 atom stereocenters. The Morgan fingerprint density at radius 1 is 1.40 bits per heavy atom. The molecule has 84 valence electrons. The molecule has 1 aromatic heterocycles. The van der Waals surface area contributed by atoms with E-state index < -0.39 is 0 Å². The van der Waals surface area contributed by atoms with E-state index in [1.807, 2.05) is 19.1 Å². The van der Waals surface area contributed by atoms with Gasteiger partial charge in [0, 0.05) is 6.54 Å². The Balaban J connectivity index is 2.62. The van der Waals surface area contributed by atoms with Gasteiger partial charge in [0.15, 0.2) is 0 Å². The maximum Gasteiger partial charge on any atom is 0.126 e. The first-order valence-electron chi connectivity index (χ1n) is 5.41. The number of nitrogens with two attached hydrogens (primary N) is 1. The van der Waals surface area contributed by atoms with Crippen LogP contribution in [0.4, 0.5) is 11.5 Å². The highest BCUT2D eigenvalue weighted by atomic mass is 15.0. The maximum atomic E-state index is 5.71. The molecular weight excluding hydrogens is 186 g/mol. The van der Waals surface area contributed by atoms with E-state index in [1.54, 1.807) is 0 Å². The van der Waals surface area contributed by atoms with Gasteiger partial charge in [-0.05, 0) is 30.9 Å². The molecule has 0 radical (unpaired) electrons. The molecule has 0 aromatic carbocycles. The SMILES string of the molecule is CCC(C)(C)CNc1ccc(N)c(C)n1. The van der Waals surface area contributed by atoms with E-state index in [0.717, 1.165) is 30.2 Å². The fourth-order valence-electron chi connectivity index (χ4n) is 1.13. The van der Waals surface area contributed by atoms with E-state index >= 15 is 0 Å². The van der Waals surface area contributed by atoms with Gasteiger partial charge in [0.05, 0.1) is 11.4 Å². The van der Waals surface area contributed by atoms with Gasteiger partial charge in [-0.1, -0.05) is 20.8 Å². The van der Waals surface area contributed by atoms with Crippen molar-refractivity contribution in [1.82, 2.24) is 4.98 Å². The van der Waals surface area contributed by atoms with Crippen LogP contribution in [0, 0.1) is 12.3 Å². The van der Waals surface area contributed by atoms with Crippen LogP contribution in [0.25, 0.3) is 0 Å². The smallest absolute Gasteiger partial charge is 0.126 e. The normalized spacial score (nSPS) is 11.5. The van der Waals surface area contributed by atoms with Gasteiger partial charge in [0.1, 0.15) is 5.82 Å². The number of nitrogens with zero attached hydrogens (tertiary/aromatic N) is 1. The molecular formula is C12H21N3. The molecule has 3 heteroatoms. The first kappa shape index (κ1) is 11.8. The van der Waals surface area contributed by atoms with Crippen LogP contribution in [0.15, 0.2) is 12.1 Å². The van der Waals surface area contributed by atoms with Crippen molar-refractivity contribution in [2.24, 2.45) is 5.41 Å². The van der Waals surface area contributed by atoms with Crippen molar-refractivity contribution < 1.29 is 0 Å². The molecule has 15 heavy (non-hydrogen) atoms. The minimum atomic E-state index is 0.303. The lowest BCUT2D eigenvalue weighted by molar-refractivity contribution is 0.376. The van der Waals surface area contributed by atoms with E-state index in [-0.39, 0.29) is 0 Å². The van der Waals surface area contributed by atoms with Crippen molar-refractivity contribution in [1.29, 1.82) is 0 Å². The Labute approximate surface area is 92.1 Å². The van der Waals surface area contributed by atoms with Crippen molar-refractivity contribution in [3.8, 4) is 0 Å². The number of rotatable bonds is 4. The van der Waals surface area contributed by atoms with Gasteiger partial charge in [0.25, 0.3) is 0 Å². The predicted octanol–water partition coefficient (Wildman–Crippen LogP) is 2.82. The number of anilines is 2. The lowest BCUT2D eigenvalue weighted by atomic mass is 9.90. The number of nitrogens with one attached hydrogen (secondary N) is 1. The predicted molar refractivity (Wildman–Crippen MR) is 65.9 cm³/mol. The molecule has 1 aromatic rings. The van der Waals surface area contributed by atoms with Crippen LogP contribution in [-0.2, 0) is 0 Å². The monoisotopic (exact) mass is 207 g/mol. The molecule has 0 unspecified atom stereocenters. The molecule has 0 aliphatic carbocycles. The second-order valence-corrected chi connectivity index (χ2v) is 4.74. The van der Waals surface area contributed by atoms with Gasteiger partial charge >= 0.3 is 0 Å². The minimum absolute atomic E-state index is 0.303. The average molecular weight is 207 g/mol. The van der Waals surface area contributed by atoms with Crippen LogP contribution < -0.4 is 11.1 Å². The molecule has 0 amide bonds. The lowest BCUT2D eigenvalue weighted by Crippen LogP contribution is -2.22. The molecule has 0 aliphatic heterocycles. The van der Waals surface area contributed by atoms with E-state index in [4.69, 9.17) is 5.73 Å². The highest BCUT2D eigenvalue weighted by Gasteiger charge is 2.14. The number of aryl methyl sites for hydroxylation is 1. The molecule has 0 saturated carbocycles. The molecule has 0 aliphatic rings. The number of hydrogen-bond donors (Lipinski definition) is 2. The summed E-state index contributed by atoms with van der Waals surface area (Å²) in [6, 6.07) is 3.82. The first-order valence-corrected chi connectivity index (χ1v) is 5.41. The van der Waals surface area contributed by atoms with Gasteiger partial charge in [0.2, 0.25) is 0 Å². The van der Waals surface area contributed by atoms with Gasteiger partial charge in [-0.15, -0.1) is 0 Å². The molecule has 3 nitrogen and oxygen atoms in total. The highest BCUT2D eigenvalue weighted by Crippen LogP contribution is 2.20. The van der Waals surface area contributed by atoms with Crippen LogP contribution in [-0.4, -0.2) is 11.5 Å². The third-order valence-electron chi connectivity index (χ3n) is 2.83. The van der Waals surface area contributed by atoms with Crippen molar-refractivity contribution in [3.63, 3.8) is 0 Å². The van der Waals surface area contributed by atoms with Crippen LogP contribution in [0.3, 0.4) is 0 Å². The molecule has 0 fully saturated rings. The third kappa shape index (κ3) is 3.42. The van der Waals surface area contributed by atoms with Gasteiger partial charge in [-0.2, -0.15) is 0 Å². The molecule has 3 N–H and O–H groups in total. The summed E-state index contributed by atoms with van der Waals surface area (Å²) < 4.78 is 0. The van der Waals surface area contributed by atoms with E-state index in [9.17, 15) is 0 Å². The Kier molecular flexibility index (Phi) is 3.56. The fourth-order valence-corrected chi connectivity index (χ4v) is 1.13. The lowest BCUT2D eigenvalue weighted by Gasteiger charge is -2.23.